The number of rotatable bonds is 1. The molecule has 0 unspecified atom stereocenters. The van der Waals surface area contributed by atoms with E-state index in [1.165, 1.54) is 4.57 Å². The standard InChI is InChI=1S/C11H14N2O3/c1-9-6-10(8-14)13(7-9)11(15)12-2-4-16-5-3-12/h6-8H,2-5H2,1H3. The first kappa shape index (κ1) is 10.9. The SMILES string of the molecule is Cc1cc(C=O)n(C(=O)N2CCOCC2)c1. The molecule has 0 bridgehead atoms. The Kier molecular flexibility index (Phi) is 3.05. The fraction of sp³-hybridized carbons (Fsp3) is 0.455. The summed E-state index contributed by atoms with van der Waals surface area (Å²) in [4.78, 5) is 24.6. The molecule has 1 aliphatic heterocycles. The average molecular weight is 222 g/mol. The Bertz CT molecular complexity index is 405. The fourth-order valence-electron chi connectivity index (χ4n) is 1.78. The quantitative estimate of drug-likeness (QED) is 0.664. The van der Waals surface area contributed by atoms with Crippen molar-refractivity contribution < 1.29 is 14.3 Å². The first-order valence-electron chi connectivity index (χ1n) is 5.23. The lowest BCUT2D eigenvalue weighted by molar-refractivity contribution is 0.0534. The van der Waals surface area contributed by atoms with Gasteiger partial charge < -0.3 is 9.64 Å². The van der Waals surface area contributed by atoms with Gasteiger partial charge in [-0.15, -0.1) is 0 Å². The molecule has 1 aromatic rings. The summed E-state index contributed by atoms with van der Waals surface area (Å²) in [5.74, 6) is 0. The van der Waals surface area contributed by atoms with E-state index in [1.54, 1.807) is 17.2 Å². The summed E-state index contributed by atoms with van der Waals surface area (Å²) in [5, 5.41) is 0. The Morgan fingerprint density at radius 3 is 2.75 bits per heavy atom. The van der Waals surface area contributed by atoms with Crippen molar-refractivity contribution in [1.29, 1.82) is 0 Å². The second-order valence-corrected chi connectivity index (χ2v) is 3.81. The van der Waals surface area contributed by atoms with E-state index >= 15 is 0 Å². The van der Waals surface area contributed by atoms with Crippen LogP contribution in [0.25, 0.3) is 0 Å². The van der Waals surface area contributed by atoms with Crippen LogP contribution in [0, 0.1) is 6.92 Å². The number of hydrogen-bond acceptors (Lipinski definition) is 3. The molecule has 16 heavy (non-hydrogen) atoms. The van der Waals surface area contributed by atoms with Crippen LogP contribution in [0.4, 0.5) is 4.79 Å². The van der Waals surface area contributed by atoms with Gasteiger partial charge in [0.1, 0.15) is 0 Å². The topological polar surface area (TPSA) is 51.5 Å². The van der Waals surface area contributed by atoms with Crippen LogP contribution < -0.4 is 0 Å². The van der Waals surface area contributed by atoms with Gasteiger partial charge >= 0.3 is 6.03 Å². The van der Waals surface area contributed by atoms with Crippen LogP contribution in [0.2, 0.25) is 0 Å². The van der Waals surface area contributed by atoms with Gasteiger partial charge in [0.05, 0.1) is 18.9 Å². The van der Waals surface area contributed by atoms with E-state index in [0.717, 1.165) is 5.56 Å². The van der Waals surface area contributed by atoms with Crippen LogP contribution in [0.5, 0.6) is 0 Å². The van der Waals surface area contributed by atoms with Crippen molar-refractivity contribution in [3.05, 3.63) is 23.5 Å². The highest BCUT2D eigenvalue weighted by molar-refractivity contribution is 5.85. The molecular formula is C11H14N2O3. The van der Waals surface area contributed by atoms with Gasteiger partial charge in [-0.3, -0.25) is 9.36 Å². The molecule has 0 aliphatic carbocycles. The van der Waals surface area contributed by atoms with E-state index in [9.17, 15) is 9.59 Å². The molecule has 1 fully saturated rings. The molecular weight excluding hydrogens is 208 g/mol. The number of aromatic nitrogens is 1. The second kappa shape index (κ2) is 4.49. The maximum Gasteiger partial charge on any atom is 0.328 e. The molecule has 2 rings (SSSR count). The van der Waals surface area contributed by atoms with Crippen LogP contribution in [-0.2, 0) is 4.74 Å². The van der Waals surface area contributed by atoms with Gasteiger partial charge in [0.15, 0.2) is 6.29 Å². The molecule has 0 saturated carbocycles. The van der Waals surface area contributed by atoms with E-state index in [4.69, 9.17) is 4.74 Å². The zero-order valence-electron chi connectivity index (χ0n) is 9.18. The summed E-state index contributed by atoms with van der Waals surface area (Å²) in [6.07, 6.45) is 2.38. The third kappa shape index (κ3) is 1.99. The average Bonchev–Trinajstić information content (AvgIpc) is 2.70. The number of aldehydes is 1. The maximum atomic E-state index is 12.1. The molecule has 1 saturated heterocycles. The highest BCUT2D eigenvalue weighted by atomic mass is 16.5. The maximum absolute atomic E-state index is 12.1. The molecule has 1 aromatic heterocycles. The fourth-order valence-corrected chi connectivity index (χ4v) is 1.78. The van der Waals surface area contributed by atoms with Gasteiger partial charge in [-0.25, -0.2) is 4.79 Å². The Balaban J connectivity index is 2.21. The number of amides is 1. The van der Waals surface area contributed by atoms with E-state index in [0.29, 0.717) is 38.3 Å². The van der Waals surface area contributed by atoms with Gasteiger partial charge in [0.25, 0.3) is 0 Å². The molecule has 2 heterocycles. The molecule has 5 nitrogen and oxygen atoms in total. The Morgan fingerprint density at radius 2 is 2.12 bits per heavy atom. The van der Waals surface area contributed by atoms with Gasteiger partial charge in [0, 0.05) is 19.3 Å². The lowest BCUT2D eigenvalue weighted by Crippen LogP contribution is -2.43. The number of carbonyl (C=O) groups is 2. The number of morpholine rings is 1. The summed E-state index contributed by atoms with van der Waals surface area (Å²) < 4.78 is 6.57. The minimum absolute atomic E-state index is 0.154. The third-order valence-electron chi connectivity index (χ3n) is 2.59. The van der Waals surface area contributed by atoms with Crippen LogP contribution in [-0.4, -0.2) is 48.1 Å². The van der Waals surface area contributed by atoms with Gasteiger partial charge in [-0.05, 0) is 18.6 Å². The molecule has 0 N–H and O–H groups in total. The van der Waals surface area contributed by atoms with Crippen molar-refractivity contribution in [1.82, 2.24) is 9.47 Å². The van der Waals surface area contributed by atoms with Crippen molar-refractivity contribution in [3.63, 3.8) is 0 Å². The monoisotopic (exact) mass is 222 g/mol. The predicted octanol–water partition coefficient (Wildman–Crippen LogP) is 0.909. The van der Waals surface area contributed by atoms with Crippen molar-refractivity contribution in [3.8, 4) is 0 Å². The molecule has 0 aromatic carbocycles. The van der Waals surface area contributed by atoms with E-state index < -0.39 is 0 Å². The largest absolute Gasteiger partial charge is 0.378 e. The minimum atomic E-state index is -0.154. The van der Waals surface area contributed by atoms with Crippen LogP contribution in [0.1, 0.15) is 16.1 Å². The van der Waals surface area contributed by atoms with Crippen molar-refractivity contribution in [2.45, 2.75) is 6.92 Å². The zero-order valence-corrected chi connectivity index (χ0v) is 9.18. The van der Waals surface area contributed by atoms with E-state index in [2.05, 4.69) is 0 Å². The van der Waals surface area contributed by atoms with E-state index in [-0.39, 0.29) is 6.03 Å². The molecule has 0 atom stereocenters. The van der Waals surface area contributed by atoms with Gasteiger partial charge in [-0.1, -0.05) is 0 Å². The minimum Gasteiger partial charge on any atom is -0.378 e. The molecule has 5 heteroatoms. The lowest BCUT2D eigenvalue weighted by atomic mass is 10.3. The molecule has 1 amide bonds. The summed E-state index contributed by atoms with van der Waals surface area (Å²) in [5.41, 5.74) is 1.30. The van der Waals surface area contributed by atoms with Crippen LogP contribution in [0.15, 0.2) is 12.3 Å². The van der Waals surface area contributed by atoms with Gasteiger partial charge in [0.2, 0.25) is 0 Å². The molecule has 86 valence electrons. The summed E-state index contributed by atoms with van der Waals surface area (Å²) in [7, 11) is 0. The van der Waals surface area contributed by atoms with Crippen LogP contribution >= 0.6 is 0 Å². The number of aryl methyl sites for hydroxylation is 1. The lowest BCUT2D eigenvalue weighted by Gasteiger charge is -2.27. The third-order valence-corrected chi connectivity index (χ3v) is 2.59. The van der Waals surface area contributed by atoms with Gasteiger partial charge in [-0.2, -0.15) is 0 Å². The Hall–Kier alpha value is -1.62. The number of carbonyl (C=O) groups excluding carboxylic acids is 2. The summed E-state index contributed by atoms with van der Waals surface area (Å²) >= 11 is 0. The Labute approximate surface area is 93.6 Å². The first-order valence-corrected chi connectivity index (χ1v) is 5.23. The summed E-state index contributed by atoms with van der Waals surface area (Å²) in [6, 6.07) is 1.55. The smallest absolute Gasteiger partial charge is 0.328 e. The second-order valence-electron chi connectivity index (χ2n) is 3.81. The van der Waals surface area contributed by atoms with Crippen molar-refractivity contribution in [2.24, 2.45) is 0 Å². The number of ether oxygens (including phenoxy) is 1. The van der Waals surface area contributed by atoms with Crippen LogP contribution in [0.3, 0.4) is 0 Å². The Morgan fingerprint density at radius 1 is 1.44 bits per heavy atom. The highest BCUT2D eigenvalue weighted by Gasteiger charge is 2.20. The highest BCUT2D eigenvalue weighted by Crippen LogP contribution is 2.09. The molecule has 1 aliphatic rings. The normalized spacial score (nSPS) is 16.2. The molecule has 0 spiro atoms. The van der Waals surface area contributed by atoms with Crippen molar-refractivity contribution >= 4 is 12.3 Å². The zero-order chi connectivity index (χ0) is 11.5. The summed E-state index contributed by atoms with van der Waals surface area (Å²) in [6.45, 7) is 4.13. The number of nitrogens with zero attached hydrogens (tertiary/aromatic N) is 2. The molecule has 0 radical (unpaired) electrons. The van der Waals surface area contributed by atoms with E-state index in [1.807, 2.05) is 6.92 Å². The first-order chi connectivity index (χ1) is 7.72. The number of hydrogen-bond donors (Lipinski definition) is 0. The van der Waals surface area contributed by atoms with Crippen molar-refractivity contribution in [2.75, 3.05) is 26.3 Å². The predicted molar refractivity (Wildman–Crippen MR) is 57.7 cm³/mol.